The zero-order chi connectivity index (χ0) is 25.6. The number of thiazole rings is 1. The predicted molar refractivity (Wildman–Crippen MR) is 139 cm³/mol. The summed E-state index contributed by atoms with van der Waals surface area (Å²) in [5.41, 5.74) is 1.94. The van der Waals surface area contributed by atoms with E-state index in [1.54, 1.807) is 24.3 Å². The van der Waals surface area contributed by atoms with Gasteiger partial charge in [0.05, 0.1) is 18.0 Å². The normalized spacial score (nSPS) is 21.3. The molecule has 13 heteroatoms. The topological polar surface area (TPSA) is 128 Å². The van der Waals surface area contributed by atoms with Crippen LogP contribution >= 0.6 is 22.9 Å². The highest BCUT2D eigenvalue weighted by Crippen LogP contribution is 2.26. The second-order valence-corrected chi connectivity index (χ2v) is 12.8. The third kappa shape index (κ3) is 5.14. The highest BCUT2D eigenvalue weighted by atomic mass is 35.5. The molecule has 2 aliphatic heterocycles. The van der Waals surface area contributed by atoms with Crippen LogP contribution < -0.4 is 10.6 Å². The summed E-state index contributed by atoms with van der Waals surface area (Å²) in [4.78, 5) is 37.1. The SMILES string of the molecule is CN1CCc2nc(C(=O)N[C@@H]3CCCN(S(C)(=O)=O)C3NC(=O)c3cc4cc(Cl)ccc4[nH]3)sc2C1. The summed E-state index contributed by atoms with van der Waals surface area (Å²) < 4.78 is 26.4. The van der Waals surface area contributed by atoms with E-state index >= 15 is 0 Å². The van der Waals surface area contributed by atoms with Crippen LogP contribution in [0.4, 0.5) is 0 Å². The minimum atomic E-state index is -3.65. The number of hydrogen-bond acceptors (Lipinski definition) is 7. The maximum atomic E-state index is 13.2. The molecule has 36 heavy (non-hydrogen) atoms. The van der Waals surface area contributed by atoms with Gasteiger partial charge in [0.25, 0.3) is 11.8 Å². The van der Waals surface area contributed by atoms with E-state index in [0.29, 0.717) is 22.9 Å². The molecule has 4 heterocycles. The lowest BCUT2D eigenvalue weighted by Gasteiger charge is -2.40. The molecule has 5 rings (SSSR count). The van der Waals surface area contributed by atoms with Gasteiger partial charge in [-0.25, -0.2) is 13.4 Å². The van der Waals surface area contributed by atoms with Crippen LogP contribution in [0.2, 0.25) is 5.02 Å². The first-order valence-electron chi connectivity index (χ1n) is 11.6. The lowest BCUT2D eigenvalue weighted by Crippen LogP contribution is -2.63. The minimum Gasteiger partial charge on any atom is -0.351 e. The Morgan fingerprint density at radius 3 is 2.78 bits per heavy atom. The van der Waals surface area contributed by atoms with Crippen molar-refractivity contribution in [2.75, 3.05) is 26.4 Å². The van der Waals surface area contributed by atoms with Crippen molar-refractivity contribution in [2.24, 2.45) is 0 Å². The van der Waals surface area contributed by atoms with Crippen molar-refractivity contribution in [1.82, 2.24) is 29.8 Å². The standard InChI is InChI=1S/C23H27ClN6O4S2/c1-29-9-7-16-19(12-29)35-23(27-16)22(32)26-17-4-3-8-30(36(2,33)34)20(17)28-21(31)18-11-13-10-14(24)5-6-15(13)25-18/h5-6,10-11,17,20,25H,3-4,7-9,12H2,1-2H3,(H,26,32)(H,28,31)/t17-,20?/m1/s1. The van der Waals surface area contributed by atoms with Crippen LogP contribution in [-0.2, 0) is 23.0 Å². The molecule has 0 radical (unpaired) electrons. The number of carbonyl (C=O) groups excluding carboxylic acids is 2. The second kappa shape index (κ2) is 9.75. The van der Waals surface area contributed by atoms with E-state index in [0.717, 1.165) is 47.2 Å². The van der Waals surface area contributed by atoms with Crippen molar-refractivity contribution in [3.63, 3.8) is 0 Å². The lowest BCUT2D eigenvalue weighted by molar-refractivity contribution is 0.0779. The summed E-state index contributed by atoms with van der Waals surface area (Å²) in [5, 5.41) is 7.44. The Bertz CT molecular complexity index is 1440. The van der Waals surface area contributed by atoms with Gasteiger partial charge in [0, 0.05) is 46.9 Å². The number of nitrogens with one attached hydrogen (secondary N) is 3. The van der Waals surface area contributed by atoms with E-state index in [1.807, 2.05) is 7.05 Å². The number of H-pyrrole nitrogens is 1. The Labute approximate surface area is 218 Å². The van der Waals surface area contributed by atoms with Crippen molar-refractivity contribution in [1.29, 1.82) is 0 Å². The number of carbonyl (C=O) groups is 2. The van der Waals surface area contributed by atoms with Crippen molar-refractivity contribution < 1.29 is 18.0 Å². The Balaban J connectivity index is 1.38. The number of amides is 2. The van der Waals surface area contributed by atoms with Gasteiger partial charge in [-0.1, -0.05) is 11.6 Å². The fourth-order valence-electron chi connectivity index (χ4n) is 4.75. The van der Waals surface area contributed by atoms with Gasteiger partial charge >= 0.3 is 0 Å². The Hall–Kier alpha value is -2.51. The lowest BCUT2D eigenvalue weighted by atomic mass is 10.0. The van der Waals surface area contributed by atoms with Crippen LogP contribution in [0.3, 0.4) is 0 Å². The molecule has 1 unspecified atom stereocenters. The molecular weight excluding hydrogens is 524 g/mol. The molecule has 192 valence electrons. The molecule has 0 bridgehead atoms. The van der Waals surface area contributed by atoms with E-state index < -0.39 is 28.1 Å². The number of aromatic nitrogens is 2. The molecule has 2 atom stereocenters. The van der Waals surface area contributed by atoms with E-state index in [2.05, 4.69) is 25.5 Å². The molecule has 3 N–H and O–H groups in total. The first-order chi connectivity index (χ1) is 17.1. The molecule has 1 fully saturated rings. The number of likely N-dealkylation sites (N-methyl/N-ethyl adjacent to an activating group) is 1. The summed E-state index contributed by atoms with van der Waals surface area (Å²) in [7, 11) is -1.63. The minimum absolute atomic E-state index is 0.246. The molecule has 2 aromatic heterocycles. The summed E-state index contributed by atoms with van der Waals surface area (Å²) in [5.74, 6) is -0.841. The van der Waals surface area contributed by atoms with Crippen LogP contribution in [0.1, 0.15) is 43.7 Å². The smallest absolute Gasteiger partial charge is 0.280 e. The van der Waals surface area contributed by atoms with Crippen LogP contribution in [0.25, 0.3) is 10.9 Å². The number of fused-ring (bicyclic) bond motifs is 2. The van der Waals surface area contributed by atoms with E-state index in [1.165, 1.54) is 15.6 Å². The molecule has 3 aromatic rings. The van der Waals surface area contributed by atoms with Crippen molar-refractivity contribution in [3.8, 4) is 0 Å². The van der Waals surface area contributed by atoms with E-state index in [9.17, 15) is 18.0 Å². The molecular formula is C23H27ClN6O4S2. The summed E-state index contributed by atoms with van der Waals surface area (Å²) in [6, 6.07) is 6.27. The van der Waals surface area contributed by atoms with Gasteiger partial charge in [-0.15, -0.1) is 11.3 Å². The predicted octanol–water partition coefficient (Wildman–Crippen LogP) is 2.18. The zero-order valence-corrected chi connectivity index (χ0v) is 22.3. The van der Waals surface area contributed by atoms with Crippen LogP contribution in [0.5, 0.6) is 0 Å². The fraction of sp³-hybridized carbons (Fsp3) is 0.435. The van der Waals surface area contributed by atoms with Gasteiger partial charge in [0.2, 0.25) is 10.0 Å². The molecule has 10 nitrogen and oxygen atoms in total. The second-order valence-electron chi connectivity index (χ2n) is 9.31. The number of halogens is 1. The van der Waals surface area contributed by atoms with Gasteiger partial charge < -0.3 is 20.5 Å². The van der Waals surface area contributed by atoms with Crippen LogP contribution in [-0.4, -0.2) is 78.0 Å². The summed E-state index contributed by atoms with van der Waals surface area (Å²) in [6.45, 7) is 1.88. The largest absolute Gasteiger partial charge is 0.351 e. The molecule has 2 aliphatic rings. The number of benzene rings is 1. The molecule has 2 amide bonds. The molecule has 1 saturated heterocycles. The summed E-state index contributed by atoms with van der Waals surface area (Å²) >= 11 is 7.41. The first kappa shape index (κ1) is 25.2. The number of rotatable bonds is 5. The molecule has 0 saturated carbocycles. The molecule has 0 aliphatic carbocycles. The Morgan fingerprint density at radius 1 is 1.19 bits per heavy atom. The monoisotopic (exact) mass is 550 g/mol. The number of aromatic amines is 1. The number of piperidine rings is 1. The van der Waals surface area contributed by atoms with Gasteiger partial charge in [0.1, 0.15) is 11.9 Å². The maximum absolute atomic E-state index is 13.2. The average molecular weight is 551 g/mol. The van der Waals surface area contributed by atoms with Gasteiger partial charge in [-0.3, -0.25) is 9.59 Å². The molecule has 0 spiro atoms. The molecule has 1 aromatic carbocycles. The zero-order valence-electron chi connectivity index (χ0n) is 19.9. The van der Waals surface area contributed by atoms with Crippen LogP contribution in [0.15, 0.2) is 24.3 Å². The third-order valence-electron chi connectivity index (χ3n) is 6.55. The number of nitrogens with zero attached hydrogens (tertiary/aromatic N) is 3. The summed E-state index contributed by atoms with van der Waals surface area (Å²) in [6.07, 6.45) is 2.01. The first-order valence-corrected chi connectivity index (χ1v) is 14.7. The van der Waals surface area contributed by atoms with Crippen LogP contribution in [0, 0.1) is 0 Å². The number of sulfonamides is 1. The Kier molecular flexibility index (Phi) is 6.81. The third-order valence-corrected chi connectivity index (χ3v) is 9.13. The quantitative estimate of drug-likeness (QED) is 0.447. The fourth-order valence-corrected chi connectivity index (χ4v) is 7.09. The number of hydrogen-bond donors (Lipinski definition) is 3. The highest BCUT2D eigenvalue weighted by molar-refractivity contribution is 7.88. The van der Waals surface area contributed by atoms with Crippen molar-refractivity contribution >= 4 is 55.7 Å². The maximum Gasteiger partial charge on any atom is 0.280 e. The van der Waals surface area contributed by atoms with Crippen molar-refractivity contribution in [3.05, 3.63) is 50.6 Å². The Morgan fingerprint density at radius 2 is 2.00 bits per heavy atom. The van der Waals surface area contributed by atoms with Gasteiger partial charge in [-0.2, -0.15) is 4.31 Å². The van der Waals surface area contributed by atoms with Gasteiger partial charge in [-0.05, 0) is 44.2 Å². The van der Waals surface area contributed by atoms with Crippen molar-refractivity contribution in [2.45, 2.75) is 38.0 Å². The van der Waals surface area contributed by atoms with E-state index in [-0.39, 0.29) is 18.1 Å². The average Bonchev–Trinajstić information content (AvgIpc) is 3.43. The highest BCUT2D eigenvalue weighted by Gasteiger charge is 2.39. The van der Waals surface area contributed by atoms with E-state index in [4.69, 9.17) is 11.6 Å². The van der Waals surface area contributed by atoms with Gasteiger partial charge in [0.15, 0.2) is 5.01 Å².